The second kappa shape index (κ2) is 16.2. The molecule has 0 radical (unpaired) electrons. The van der Waals surface area contributed by atoms with Gasteiger partial charge in [0, 0.05) is 40.7 Å². The standard InChI is InChI=1S/C33H46Cl2N4O4/c1-22(2)19-28(37-32(42)39-17-8-6-7-9-18-39)30(40)36-29(31(41)38-33(3,4)5)20-23-13-15-24(16-14-23)43-21-25-26(34)11-10-12-27(25)35/h10-16,22,28-29H,6-9,17-21H2,1-5H3,(H,36,40)(H,37,42)(H,38,41)/t28-,29-/m0/s1. The SMILES string of the molecule is CC(C)C[C@H](NC(=O)N1CCCCCC1)C(=O)N[C@@H](Cc1ccc(OCc2c(Cl)cccc2Cl)cc1)C(=O)NC(C)(C)C. The number of ether oxygens (including phenoxy) is 1. The van der Waals surface area contributed by atoms with Gasteiger partial charge in [0.25, 0.3) is 0 Å². The van der Waals surface area contributed by atoms with Crippen LogP contribution in [0.15, 0.2) is 42.5 Å². The molecule has 0 spiro atoms. The minimum Gasteiger partial charge on any atom is -0.489 e. The molecule has 2 atom stereocenters. The van der Waals surface area contributed by atoms with Crippen LogP contribution in [-0.4, -0.2) is 53.5 Å². The highest BCUT2D eigenvalue weighted by molar-refractivity contribution is 6.35. The van der Waals surface area contributed by atoms with E-state index in [1.54, 1.807) is 23.1 Å². The van der Waals surface area contributed by atoms with Gasteiger partial charge in [0.15, 0.2) is 0 Å². The van der Waals surface area contributed by atoms with E-state index in [1.807, 2.05) is 58.9 Å². The Labute approximate surface area is 266 Å². The molecular weight excluding hydrogens is 587 g/mol. The summed E-state index contributed by atoms with van der Waals surface area (Å²) in [5.74, 6) is 0.113. The van der Waals surface area contributed by atoms with Gasteiger partial charge in [-0.2, -0.15) is 0 Å². The molecule has 4 amide bonds. The number of likely N-dealkylation sites (tertiary alicyclic amines) is 1. The second-order valence-corrected chi connectivity index (χ2v) is 13.5. The van der Waals surface area contributed by atoms with Gasteiger partial charge in [-0.05, 0) is 75.8 Å². The summed E-state index contributed by atoms with van der Waals surface area (Å²) in [7, 11) is 0. The van der Waals surface area contributed by atoms with Crippen molar-refractivity contribution in [3.05, 3.63) is 63.6 Å². The molecule has 2 aromatic rings. The third-order valence-electron chi connectivity index (χ3n) is 7.15. The van der Waals surface area contributed by atoms with Crippen LogP contribution in [0.1, 0.15) is 77.8 Å². The molecule has 0 aliphatic carbocycles. The fourth-order valence-corrected chi connectivity index (χ4v) is 5.45. The number of amides is 4. The Hall–Kier alpha value is -2.97. The smallest absolute Gasteiger partial charge is 0.318 e. The number of nitrogens with zero attached hydrogens (tertiary/aromatic N) is 1. The van der Waals surface area contributed by atoms with Crippen LogP contribution in [0.25, 0.3) is 0 Å². The summed E-state index contributed by atoms with van der Waals surface area (Å²) in [4.78, 5) is 41.8. The van der Waals surface area contributed by atoms with Crippen molar-refractivity contribution in [1.29, 1.82) is 0 Å². The van der Waals surface area contributed by atoms with Gasteiger partial charge in [0.1, 0.15) is 24.4 Å². The molecule has 0 unspecified atom stereocenters. The van der Waals surface area contributed by atoms with Gasteiger partial charge >= 0.3 is 6.03 Å². The first kappa shape index (κ1) is 34.5. The van der Waals surface area contributed by atoms with E-state index in [0.717, 1.165) is 31.2 Å². The Balaban J connectivity index is 1.72. The average molecular weight is 634 g/mol. The lowest BCUT2D eigenvalue weighted by Crippen LogP contribution is -2.58. The minimum atomic E-state index is -0.842. The zero-order valence-electron chi connectivity index (χ0n) is 26.0. The molecule has 8 nitrogen and oxygen atoms in total. The van der Waals surface area contributed by atoms with Crippen LogP contribution in [0, 0.1) is 5.92 Å². The van der Waals surface area contributed by atoms with Crippen molar-refractivity contribution in [2.45, 2.75) is 97.4 Å². The van der Waals surface area contributed by atoms with Gasteiger partial charge < -0.3 is 25.6 Å². The van der Waals surface area contributed by atoms with Gasteiger partial charge in [-0.25, -0.2) is 4.79 Å². The minimum absolute atomic E-state index is 0.162. The molecule has 1 fully saturated rings. The summed E-state index contributed by atoms with van der Waals surface area (Å²) in [5, 5.41) is 9.95. The number of rotatable bonds is 11. The number of halogens is 2. The zero-order valence-corrected chi connectivity index (χ0v) is 27.5. The quantitative estimate of drug-likeness (QED) is 0.263. The van der Waals surface area contributed by atoms with Crippen molar-refractivity contribution in [3.8, 4) is 5.75 Å². The molecule has 3 rings (SSSR count). The molecule has 1 aliphatic rings. The van der Waals surface area contributed by atoms with Crippen molar-refractivity contribution < 1.29 is 19.1 Å². The second-order valence-electron chi connectivity index (χ2n) is 12.7. The number of nitrogens with one attached hydrogen (secondary N) is 3. The van der Waals surface area contributed by atoms with Gasteiger partial charge in [0.2, 0.25) is 11.8 Å². The first-order valence-corrected chi connectivity index (χ1v) is 15.9. The van der Waals surface area contributed by atoms with Crippen molar-refractivity contribution in [2.24, 2.45) is 5.92 Å². The maximum absolute atomic E-state index is 13.6. The summed E-state index contributed by atoms with van der Waals surface area (Å²) in [6.07, 6.45) is 4.85. The number of hydrogen-bond donors (Lipinski definition) is 3. The van der Waals surface area contributed by atoms with E-state index in [-0.39, 0.29) is 36.8 Å². The Bertz CT molecular complexity index is 1200. The van der Waals surface area contributed by atoms with Crippen LogP contribution in [0.3, 0.4) is 0 Å². The van der Waals surface area contributed by atoms with Gasteiger partial charge in [-0.15, -0.1) is 0 Å². The zero-order chi connectivity index (χ0) is 31.6. The monoisotopic (exact) mass is 632 g/mol. The Morgan fingerprint density at radius 3 is 2.02 bits per heavy atom. The lowest BCUT2D eigenvalue weighted by Gasteiger charge is -2.29. The van der Waals surface area contributed by atoms with Gasteiger partial charge in [-0.3, -0.25) is 9.59 Å². The summed E-state index contributed by atoms with van der Waals surface area (Å²) >= 11 is 12.5. The molecule has 3 N–H and O–H groups in total. The maximum atomic E-state index is 13.6. The molecule has 2 aromatic carbocycles. The van der Waals surface area contributed by atoms with E-state index in [1.165, 1.54) is 0 Å². The summed E-state index contributed by atoms with van der Waals surface area (Å²) in [5.41, 5.74) is 1.05. The third kappa shape index (κ3) is 11.6. The topological polar surface area (TPSA) is 99.8 Å². The van der Waals surface area contributed by atoms with E-state index in [9.17, 15) is 14.4 Å². The van der Waals surface area contributed by atoms with Crippen molar-refractivity contribution >= 4 is 41.0 Å². The normalized spacial score (nSPS) is 15.3. The predicted molar refractivity (Wildman–Crippen MR) is 173 cm³/mol. The summed E-state index contributed by atoms with van der Waals surface area (Å²) < 4.78 is 5.89. The Kier molecular flexibility index (Phi) is 13.0. The molecule has 0 aromatic heterocycles. The molecule has 1 saturated heterocycles. The van der Waals surface area contributed by atoms with E-state index in [2.05, 4.69) is 16.0 Å². The van der Waals surface area contributed by atoms with Crippen LogP contribution >= 0.6 is 23.2 Å². The van der Waals surface area contributed by atoms with Crippen LogP contribution in [0.5, 0.6) is 5.75 Å². The fourth-order valence-electron chi connectivity index (χ4n) is 4.94. The molecule has 0 saturated carbocycles. The molecule has 236 valence electrons. The summed E-state index contributed by atoms with van der Waals surface area (Å²) in [6.45, 7) is 11.3. The fraction of sp³-hybridized carbons (Fsp3) is 0.545. The Morgan fingerprint density at radius 1 is 0.860 bits per heavy atom. The molecule has 43 heavy (non-hydrogen) atoms. The van der Waals surface area contributed by atoms with Crippen molar-refractivity contribution in [3.63, 3.8) is 0 Å². The highest BCUT2D eigenvalue weighted by Gasteiger charge is 2.30. The largest absolute Gasteiger partial charge is 0.489 e. The molecule has 0 bridgehead atoms. The maximum Gasteiger partial charge on any atom is 0.318 e. The number of hydrogen-bond acceptors (Lipinski definition) is 4. The van der Waals surface area contributed by atoms with Gasteiger partial charge in [-0.1, -0.05) is 68.1 Å². The third-order valence-corrected chi connectivity index (χ3v) is 7.86. The van der Waals surface area contributed by atoms with E-state index in [0.29, 0.717) is 40.9 Å². The number of urea groups is 1. The highest BCUT2D eigenvalue weighted by Crippen LogP contribution is 2.26. The lowest BCUT2D eigenvalue weighted by atomic mass is 10.00. The van der Waals surface area contributed by atoms with Crippen LogP contribution in [0.4, 0.5) is 4.79 Å². The molecule has 1 heterocycles. The van der Waals surface area contributed by atoms with Crippen LogP contribution < -0.4 is 20.7 Å². The first-order chi connectivity index (χ1) is 20.3. The molecule has 1 aliphatic heterocycles. The number of benzene rings is 2. The molecule has 10 heteroatoms. The van der Waals surface area contributed by atoms with Crippen molar-refractivity contribution in [2.75, 3.05) is 13.1 Å². The van der Waals surface area contributed by atoms with Gasteiger partial charge in [0.05, 0.1) is 0 Å². The van der Waals surface area contributed by atoms with E-state index >= 15 is 0 Å². The van der Waals surface area contributed by atoms with E-state index < -0.39 is 17.6 Å². The Morgan fingerprint density at radius 2 is 1.47 bits per heavy atom. The van der Waals surface area contributed by atoms with Crippen LogP contribution in [0.2, 0.25) is 10.0 Å². The number of carbonyl (C=O) groups excluding carboxylic acids is 3. The van der Waals surface area contributed by atoms with E-state index in [4.69, 9.17) is 27.9 Å². The van der Waals surface area contributed by atoms with Crippen LogP contribution in [-0.2, 0) is 22.6 Å². The number of carbonyl (C=O) groups is 3. The lowest BCUT2D eigenvalue weighted by molar-refractivity contribution is -0.130. The van der Waals surface area contributed by atoms with Crippen molar-refractivity contribution in [1.82, 2.24) is 20.9 Å². The average Bonchev–Trinajstić information content (AvgIpc) is 3.21. The first-order valence-electron chi connectivity index (χ1n) is 15.1. The summed E-state index contributed by atoms with van der Waals surface area (Å²) in [6, 6.07) is 10.8. The highest BCUT2D eigenvalue weighted by atomic mass is 35.5. The predicted octanol–water partition coefficient (Wildman–Crippen LogP) is 6.51. The molecular formula is C33H46Cl2N4O4.